The van der Waals surface area contributed by atoms with Gasteiger partial charge in [0.1, 0.15) is 0 Å². The van der Waals surface area contributed by atoms with Gasteiger partial charge in [0.25, 0.3) is 0 Å². The number of nitrogens with zero attached hydrogens (tertiary/aromatic N) is 5. The molecule has 1 aromatic carbocycles. The lowest BCUT2D eigenvalue weighted by atomic mass is 10.3. The first-order valence-electron chi connectivity index (χ1n) is 7.25. The van der Waals surface area contributed by atoms with Crippen molar-refractivity contribution in [3.05, 3.63) is 23.2 Å². The summed E-state index contributed by atoms with van der Waals surface area (Å²) in [6.45, 7) is 1.99. The van der Waals surface area contributed by atoms with E-state index < -0.39 is 6.10 Å². The summed E-state index contributed by atoms with van der Waals surface area (Å²) in [6.07, 6.45) is -0.530. The van der Waals surface area contributed by atoms with Crippen LogP contribution < -0.4 is 16.4 Å². The van der Waals surface area contributed by atoms with Crippen molar-refractivity contribution >= 4 is 45.9 Å². The van der Waals surface area contributed by atoms with Crippen molar-refractivity contribution in [2.45, 2.75) is 13.0 Å². The Morgan fingerprint density at radius 1 is 1.33 bits per heavy atom. The molecule has 0 bridgehead atoms. The molecular weight excluding hydrogens is 332 g/mol. The van der Waals surface area contributed by atoms with Gasteiger partial charge in [-0.1, -0.05) is 16.8 Å². The Balaban J connectivity index is 2.01. The molecule has 5 N–H and O–H groups in total. The maximum absolute atomic E-state index is 9.41. The summed E-state index contributed by atoms with van der Waals surface area (Å²) in [4.78, 5) is 8.75. The van der Waals surface area contributed by atoms with Gasteiger partial charge < -0.3 is 21.5 Å². The molecule has 0 fully saturated rings. The van der Waals surface area contributed by atoms with Gasteiger partial charge in [-0.15, -0.1) is 5.10 Å². The van der Waals surface area contributed by atoms with Crippen molar-refractivity contribution in [1.82, 2.24) is 25.0 Å². The van der Waals surface area contributed by atoms with Crippen molar-refractivity contribution in [3.8, 4) is 0 Å². The van der Waals surface area contributed by atoms with Crippen LogP contribution in [0.4, 0.5) is 23.1 Å². The van der Waals surface area contributed by atoms with Crippen molar-refractivity contribution in [1.29, 1.82) is 0 Å². The molecule has 0 saturated heterocycles. The van der Waals surface area contributed by atoms with Gasteiger partial charge in [-0.25, -0.2) is 4.68 Å². The second-order valence-electron chi connectivity index (χ2n) is 5.41. The molecule has 0 amide bonds. The van der Waals surface area contributed by atoms with Gasteiger partial charge in [0, 0.05) is 30.0 Å². The zero-order valence-electron chi connectivity index (χ0n) is 13.2. The number of aryl methyl sites for hydroxylation is 1. The monoisotopic (exact) mass is 348 g/mol. The van der Waals surface area contributed by atoms with Gasteiger partial charge in [-0.05, 0) is 25.1 Å². The van der Waals surface area contributed by atoms with Crippen molar-refractivity contribution in [3.63, 3.8) is 0 Å². The van der Waals surface area contributed by atoms with Gasteiger partial charge >= 0.3 is 0 Å². The molecular formula is C14H17ClN8O. The number of fused-ring (bicyclic) bond motifs is 1. The normalized spacial score (nSPS) is 12.3. The first kappa shape index (κ1) is 16.2. The first-order chi connectivity index (χ1) is 11.4. The summed E-state index contributed by atoms with van der Waals surface area (Å²) < 4.78 is 1.54. The molecule has 2 aromatic heterocycles. The van der Waals surface area contributed by atoms with Crippen LogP contribution in [0.15, 0.2) is 18.2 Å². The molecule has 1 unspecified atom stereocenters. The largest absolute Gasteiger partial charge is 0.399 e. The fourth-order valence-corrected chi connectivity index (χ4v) is 2.38. The number of aliphatic hydroxyl groups is 1. The summed E-state index contributed by atoms with van der Waals surface area (Å²) >= 11 is 6.03. The molecule has 126 valence electrons. The highest BCUT2D eigenvalue weighted by Crippen LogP contribution is 2.26. The van der Waals surface area contributed by atoms with E-state index in [2.05, 4.69) is 30.9 Å². The third kappa shape index (κ3) is 3.47. The summed E-state index contributed by atoms with van der Waals surface area (Å²) in [6, 6.07) is 5.12. The average molecular weight is 349 g/mol. The molecule has 10 heteroatoms. The molecule has 0 spiro atoms. The van der Waals surface area contributed by atoms with Crippen LogP contribution in [0, 0.1) is 0 Å². The molecule has 0 aliphatic rings. The Morgan fingerprint density at radius 3 is 2.83 bits per heavy atom. The minimum atomic E-state index is -0.530. The second kappa shape index (κ2) is 6.46. The smallest absolute Gasteiger partial charge is 0.226 e. The molecule has 2 heterocycles. The third-order valence-electron chi connectivity index (χ3n) is 3.19. The lowest BCUT2D eigenvalue weighted by Crippen LogP contribution is -2.17. The van der Waals surface area contributed by atoms with E-state index in [1.54, 1.807) is 36.9 Å². The van der Waals surface area contributed by atoms with E-state index >= 15 is 0 Å². The third-order valence-corrected chi connectivity index (χ3v) is 3.41. The van der Waals surface area contributed by atoms with Crippen LogP contribution in [-0.2, 0) is 7.05 Å². The molecule has 3 rings (SSSR count). The number of rotatable bonds is 5. The van der Waals surface area contributed by atoms with Gasteiger partial charge in [-0.2, -0.15) is 9.97 Å². The van der Waals surface area contributed by atoms with Crippen LogP contribution in [0.2, 0.25) is 5.02 Å². The molecule has 1 atom stereocenters. The lowest BCUT2D eigenvalue weighted by Gasteiger charge is -2.11. The van der Waals surface area contributed by atoms with Gasteiger partial charge in [0.15, 0.2) is 17.0 Å². The number of hydrogen-bond donors (Lipinski definition) is 4. The SMILES string of the molecule is CC(O)CNc1nc(Nc2cc(N)cc(Cl)c2)c2nnn(C)c2n1. The number of aliphatic hydroxyl groups excluding tert-OH is 1. The Bertz CT molecular complexity index is 858. The predicted molar refractivity (Wildman–Crippen MR) is 93.4 cm³/mol. The van der Waals surface area contributed by atoms with Crippen molar-refractivity contribution in [2.24, 2.45) is 7.05 Å². The number of halogens is 1. The van der Waals surface area contributed by atoms with E-state index in [0.29, 0.717) is 45.9 Å². The quantitative estimate of drug-likeness (QED) is 0.511. The molecule has 0 saturated carbocycles. The van der Waals surface area contributed by atoms with Gasteiger partial charge in [-0.3, -0.25) is 0 Å². The van der Waals surface area contributed by atoms with Crippen LogP contribution in [0.1, 0.15) is 6.92 Å². The second-order valence-corrected chi connectivity index (χ2v) is 5.85. The Morgan fingerprint density at radius 2 is 2.12 bits per heavy atom. The summed E-state index contributed by atoms with van der Waals surface area (Å²) in [7, 11) is 1.74. The Labute approximate surface area is 142 Å². The summed E-state index contributed by atoms with van der Waals surface area (Å²) in [5, 5.41) is 24.1. The van der Waals surface area contributed by atoms with E-state index in [-0.39, 0.29) is 0 Å². The first-order valence-corrected chi connectivity index (χ1v) is 7.62. The number of nitrogens with one attached hydrogen (secondary N) is 2. The highest BCUT2D eigenvalue weighted by atomic mass is 35.5. The molecule has 3 aromatic rings. The fraction of sp³-hybridized carbons (Fsp3) is 0.286. The number of nitrogens with two attached hydrogens (primary N) is 1. The number of aromatic nitrogens is 5. The molecule has 0 aliphatic carbocycles. The molecule has 9 nitrogen and oxygen atoms in total. The highest BCUT2D eigenvalue weighted by molar-refractivity contribution is 6.31. The Kier molecular flexibility index (Phi) is 4.36. The topological polar surface area (TPSA) is 127 Å². The Hall–Kier alpha value is -2.65. The predicted octanol–water partition coefficient (Wildman–Crippen LogP) is 1.53. The van der Waals surface area contributed by atoms with E-state index in [0.717, 1.165) is 0 Å². The zero-order valence-corrected chi connectivity index (χ0v) is 13.9. The van der Waals surface area contributed by atoms with Crippen molar-refractivity contribution < 1.29 is 5.11 Å². The fourth-order valence-electron chi connectivity index (χ4n) is 2.14. The van der Waals surface area contributed by atoms with E-state index in [4.69, 9.17) is 17.3 Å². The summed E-state index contributed by atoms with van der Waals surface area (Å²) in [5.41, 5.74) is 8.08. The van der Waals surface area contributed by atoms with E-state index in [1.807, 2.05) is 0 Å². The lowest BCUT2D eigenvalue weighted by molar-refractivity contribution is 0.208. The maximum Gasteiger partial charge on any atom is 0.226 e. The van der Waals surface area contributed by atoms with E-state index in [9.17, 15) is 5.11 Å². The van der Waals surface area contributed by atoms with Gasteiger partial charge in [0.05, 0.1) is 6.10 Å². The van der Waals surface area contributed by atoms with Crippen molar-refractivity contribution in [2.75, 3.05) is 22.9 Å². The van der Waals surface area contributed by atoms with E-state index in [1.165, 1.54) is 0 Å². The molecule has 0 radical (unpaired) electrons. The highest BCUT2D eigenvalue weighted by Gasteiger charge is 2.14. The standard InChI is InChI=1S/C14H17ClN8O/c1-7(24)6-17-14-19-12(11-13(20-14)23(2)22-21-11)18-10-4-8(15)3-9(16)5-10/h3-5,7,24H,6,16H2,1-2H3,(H2,17,18,19,20). The van der Waals surface area contributed by atoms with Crippen LogP contribution >= 0.6 is 11.6 Å². The van der Waals surface area contributed by atoms with Crippen LogP contribution in [-0.4, -0.2) is 42.7 Å². The minimum absolute atomic E-state index is 0.320. The van der Waals surface area contributed by atoms with Gasteiger partial charge in [0.2, 0.25) is 5.95 Å². The number of hydrogen-bond acceptors (Lipinski definition) is 8. The van der Waals surface area contributed by atoms with Crippen LogP contribution in [0.25, 0.3) is 11.2 Å². The minimum Gasteiger partial charge on any atom is -0.399 e. The molecule has 0 aliphatic heterocycles. The number of anilines is 4. The zero-order chi connectivity index (χ0) is 17.3. The maximum atomic E-state index is 9.41. The number of nitrogen functional groups attached to an aromatic ring is 1. The number of benzene rings is 1. The summed E-state index contributed by atoms with van der Waals surface area (Å²) in [5.74, 6) is 0.814. The van der Waals surface area contributed by atoms with Crippen LogP contribution in [0.3, 0.4) is 0 Å². The van der Waals surface area contributed by atoms with Crippen LogP contribution in [0.5, 0.6) is 0 Å². The average Bonchev–Trinajstić information content (AvgIpc) is 2.86. The molecule has 24 heavy (non-hydrogen) atoms.